The molecule has 0 aliphatic carbocycles. The quantitative estimate of drug-likeness (QED) is 0.618. The number of aliphatic imine (C=N–C) groups is 1. The number of hydrogen-bond acceptors (Lipinski definition) is 3. The molecule has 2 rings (SSSR count). The summed E-state index contributed by atoms with van der Waals surface area (Å²) >= 11 is 0. The Morgan fingerprint density at radius 2 is 1.74 bits per heavy atom. The van der Waals surface area contributed by atoms with Gasteiger partial charge >= 0.3 is 0 Å². The largest absolute Gasteiger partial charge is 0.296 e. The molecule has 0 amide bonds. The van der Waals surface area contributed by atoms with Crippen molar-refractivity contribution in [2.24, 2.45) is 4.99 Å². The summed E-state index contributed by atoms with van der Waals surface area (Å²) in [6.07, 6.45) is 0.723. The van der Waals surface area contributed by atoms with Crippen LogP contribution in [0, 0.1) is 18.3 Å². The molecule has 0 fully saturated rings. The molecule has 2 aromatic carbocycles. The van der Waals surface area contributed by atoms with Crippen LogP contribution in [0.25, 0.3) is 0 Å². The number of nitriles is 1. The van der Waals surface area contributed by atoms with Crippen LogP contribution in [-0.2, 0) is 4.79 Å². The van der Waals surface area contributed by atoms with E-state index in [9.17, 15) is 4.79 Å². The third kappa shape index (κ3) is 3.14. The van der Waals surface area contributed by atoms with Crippen molar-refractivity contribution in [3.8, 4) is 6.07 Å². The Hall–Kier alpha value is -2.73. The number of benzene rings is 2. The van der Waals surface area contributed by atoms with E-state index in [4.69, 9.17) is 5.26 Å². The van der Waals surface area contributed by atoms with Crippen LogP contribution >= 0.6 is 0 Å². The molecule has 0 bridgehead atoms. The van der Waals surface area contributed by atoms with Gasteiger partial charge in [0.05, 0.1) is 17.3 Å². The van der Waals surface area contributed by atoms with Crippen LogP contribution in [0.4, 0.5) is 5.69 Å². The Morgan fingerprint density at radius 3 is 2.26 bits per heavy atom. The molecule has 0 spiro atoms. The highest BCUT2D eigenvalue weighted by Gasteiger charge is 2.02. The molecule has 0 aromatic heterocycles. The fourth-order valence-corrected chi connectivity index (χ4v) is 1.63. The molecule has 3 heteroatoms. The van der Waals surface area contributed by atoms with Gasteiger partial charge in [-0.15, -0.1) is 0 Å². The van der Waals surface area contributed by atoms with Gasteiger partial charge in [0.25, 0.3) is 0 Å². The number of hydrogen-bond donors (Lipinski definition) is 0. The second kappa shape index (κ2) is 5.74. The zero-order valence-corrected chi connectivity index (χ0v) is 10.5. The lowest BCUT2D eigenvalue weighted by atomic mass is 10.1. The van der Waals surface area contributed by atoms with E-state index in [1.165, 1.54) is 0 Å². The fourth-order valence-electron chi connectivity index (χ4n) is 1.63. The van der Waals surface area contributed by atoms with Crippen LogP contribution in [0.2, 0.25) is 0 Å². The van der Waals surface area contributed by atoms with E-state index in [1.807, 2.05) is 37.3 Å². The van der Waals surface area contributed by atoms with E-state index in [2.05, 4.69) is 4.99 Å². The number of carbonyl (C=O) groups is 1. The summed E-state index contributed by atoms with van der Waals surface area (Å²) in [5.74, 6) is 0. The molecule has 0 aliphatic rings. The molecule has 0 N–H and O–H groups in total. The lowest BCUT2D eigenvalue weighted by Gasteiger charge is -2.01. The maximum atomic E-state index is 11.1. The highest BCUT2D eigenvalue weighted by molar-refractivity contribution is 6.36. The van der Waals surface area contributed by atoms with Gasteiger partial charge in [0.15, 0.2) is 6.29 Å². The molecule has 0 radical (unpaired) electrons. The van der Waals surface area contributed by atoms with Crippen molar-refractivity contribution in [3.05, 3.63) is 65.2 Å². The maximum Gasteiger partial charge on any atom is 0.169 e. The third-order valence-corrected chi connectivity index (χ3v) is 2.70. The van der Waals surface area contributed by atoms with Crippen molar-refractivity contribution in [1.29, 1.82) is 5.26 Å². The summed E-state index contributed by atoms with van der Waals surface area (Å²) in [6, 6.07) is 16.4. The second-order valence-electron chi connectivity index (χ2n) is 4.14. The summed E-state index contributed by atoms with van der Waals surface area (Å²) in [6.45, 7) is 1.99. The first kappa shape index (κ1) is 12.7. The zero-order chi connectivity index (χ0) is 13.7. The topological polar surface area (TPSA) is 53.2 Å². The molecule has 0 aliphatic heterocycles. The summed E-state index contributed by atoms with van der Waals surface area (Å²) in [5, 5.41) is 8.74. The lowest BCUT2D eigenvalue weighted by Crippen LogP contribution is -2.01. The SMILES string of the molecule is Cc1ccc(N=C(C=O)c2ccc(C#N)cc2)cc1. The van der Waals surface area contributed by atoms with Crippen molar-refractivity contribution in [1.82, 2.24) is 0 Å². The highest BCUT2D eigenvalue weighted by atomic mass is 16.1. The van der Waals surface area contributed by atoms with Gasteiger partial charge in [0.2, 0.25) is 0 Å². The number of aldehydes is 1. The number of nitrogens with zero attached hydrogens (tertiary/aromatic N) is 2. The predicted molar refractivity (Wildman–Crippen MR) is 74.6 cm³/mol. The zero-order valence-electron chi connectivity index (χ0n) is 10.5. The Morgan fingerprint density at radius 1 is 1.11 bits per heavy atom. The maximum absolute atomic E-state index is 11.1. The average Bonchev–Trinajstić information content (AvgIpc) is 2.47. The van der Waals surface area contributed by atoms with Gasteiger partial charge in [-0.25, -0.2) is 4.99 Å². The van der Waals surface area contributed by atoms with E-state index in [0.717, 1.165) is 17.5 Å². The van der Waals surface area contributed by atoms with E-state index < -0.39 is 0 Å². The molecule has 92 valence electrons. The van der Waals surface area contributed by atoms with Crippen molar-refractivity contribution < 1.29 is 4.79 Å². The minimum absolute atomic E-state index is 0.355. The van der Waals surface area contributed by atoms with Gasteiger partial charge in [-0.3, -0.25) is 4.79 Å². The van der Waals surface area contributed by atoms with Gasteiger partial charge in [-0.1, -0.05) is 29.8 Å². The molecule has 0 heterocycles. The molecule has 0 saturated carbocycles. The van der Waals surface area contributed by atoms with E-state index in [1.54, 1.807) is 24.3 Å². The molecule has 3 nitrogen and oxygen atoms in total. The molecular weight excluding hydrogens is 236 g/mol. The first-order valence-electron chi connectivity index (χ1n) is 5.84. The van der Waals surface area contributed by atoms with Gasteiger partial charge < -0.3 is 0 Å². The number of carbonyl (C=O) groups excluding carboxylic acids is 1. The molecule has 0 atom stereocenters. The Bertz CT molecular complexity index is 647. The second-order valence-corrected chi connectivity index (χ2v) is 4.14. The van der Waals surface area contributed by atoms with E-state index >= 15 is 0 Å². The van der Waals surface area contributed by atoms with E-state index in [0.29, 0.717) is 16.8 Å². The smallest absolute Gasteiger partial charge is 0.169 e. The van der Waals surface area contributed by atoms with Crippen LogP contribution in [0.5, 0.6) is 0 Å². The van der Waals surface area contributed by atoms with Crippen LogP contribution < -0.4 is 0 Å². The van der Waals surface area contributed by atoms with Gasteiger partial charge in [0, 0.05) is 5.56 Å². The average molecular weight is 248 g/mol. The minimum atomic E-state index is 0.355. The van der Waals surface area contributed by atoms with Crippen LogP contribution in [0.3, 0.4) is 0 Å². The summed E-state index contributed by atoms with van der Waals surface area (Å²) in [7, 11) is 0. The molecular formula is C16H12N2O. The number of rotatable bonds is 3. The first-order chi connectivity index (χ1) is 9.22. The molecule has 2 aromatic rings. The predicted octanol–water partition coefficient (Wildman–Crippen LogP) is 3.19. The molecule has 19 heavy (non-hydrogen) atoms. The summed E-state index contributed by atoms with van der Waals surface area (Å²) in [5.41, 5.74) is 3.49. The van der Waals surface area contributed by atoms with Crippen LogP contribution in [0.15, 0.2) is 53.5 Å². The van der Waals surface area contributed by atoms with Crippen LogP contribution in [-0.4, -0.2) is 12.0 Å². The van der Waals surface area contributed by atoms with Crippen molar-refractivity contribution in [3.63, 3.8) is 0 Å². The first-order valence-corrected chi connectivity index (χ1v) is 5.84. The lowest BCUT2D eigenvalue weighted by molar-refractivity contribution is -0.102. The van der Waals surface area contributed by atoms with Gasteiger partial charge in [-0.2, -0.15) is 5.26 Å². The Labute approximate surface area is 111 Å². The normalized spacial score (nSPS) is 10.8. The van der Waals surface area contributed by atoms with Gasteiger partial charge in [-0.05, 0) is 31.2 Å². The fraction of sp³-hybridized carbons (Fsp3) is 0.0625. The molecule has 0 saturated heterocycles. The Kier molecular flexibility index (Phi) is 3.84. The summed E-state index contributed by atoms with van der Waals surface area (Å²) in [4.78, 5) is 15.4. The van der Waals surface area contributed by atoms with E-state index in [-0.39, 0.29) is 0 Å². The van der Waals surface area contributed by atoms with Gasteiger partial charge in [0.1, 0.15) is 5.71 Å². The third-order valence-electron chi connectivity index (χ3n) is 2.70. The van der Waals surface area contributed by atoms with Crippen LogP contribution in [0.1, 0.15) is 16.7 Å². The highest BCUT2D eigenvalue weighted by Crippen LogP contribution is 2.14. The van der Waals surface area contributed by atoms with Crippen molar-refractivity contribution in [2.45, 2.75) is 6.92 Å². The standard InChI is InChI=1S/C16H12N2O/c1-12-2-8-15(9-3-12)18-16(11-19)14-6-4-13(10-17)5-7-14/h2-9,11H,1H3. The Balaban J connectivity index is 2.35. The summed E-state index contributed by atoms with van der Waals surface area (Å²) < 4.78 is 0. The van der Waals surface area contributed by atoms with Crippen molar-refractivity contribution >= 4 is 17.7 Å². The number of aryl methyl sites for hydroxylation is 1. The monoisotopic (exact) mass is 248 g/mol. The minimum Gasteiger partial charge on any atom is -0.296 e. The van der Waals surface area contributed by atoms with Crippen molar-refractivity contribution in [2.75, 3.05) is 0 Å². The molecule has 0 unspecified atom stereocenters.